The molecule has 0 spiro atoms. The minimum absolute atomic E-state index is 0. The molecule has 0 fully saturated rings. The molecule has 2 N–H and O–H groups in total. The summed E-state index contributed by atoms with van der Waals surface area (Å²) in [7, 11) is 0. The highest BCUT2D eigenvalue weighted by Crippen LogP contribution is 2.27. The highest BCUT2D eigenvalue weighted by atomic mass is 35.5. The van der Waals surface area contributed by atoms with Crippen LogP contribution < -0.4 is 5.73 Å². The molecule has 0 saturated heterocycles. The number of benzene rings is 1. The summed E-state index contributed by atoms with van der Waals surface area (Å²) < 4.78 is 100. The Morgan fingerprint density at radius 1 is 0.789 bits per heavy atom. The number of hydrogen-bond acceptors (Lipinski definition) is 1. The Morgan fingerprint density at radius 3 is 1.42 bits per heavy atom. The van der Waals surface area contributed by atoms with E-state index in [4.69, 9.17) is 0 Å². The average molecular weight is 316 g/mol. The van der Waals surface area contributed by atoms with E-state index in [-0.39, 0.29) is 12.4 Å². The van der Waals surface area contributed by atoms with Crippen molar-refractivity contribution in [3.05, 3.63) is 34.6 Å². The second kappa shape index (κ2) is 5.91. The molecule has 1 nitrogen and oxygen atoms in total. The molecule has 0 amide bonds. The lowest BCUT2D eigenvalue weighted by molar-refractivity contribution is -0.147. The zero-order valence-corrected chi connectivity index (χ0v) is 9.61. The van der Waals surface area contributed by atoms with Crippen LogP contribution in [0.3, 0.4) is 0 Å². The van der Waals surface area contributed by atoms with Gasteiger partial charge in [0.1, 0.15) is 6.04 Å². The third kappa shape index (κ3) is 3.47. The zero-order valence-electron chi connectivity index (χ0n) is 8.79. The molecule has 0 radical (unpaired) electrons. The first-order chi connectivity index (χ1) is 8.07. The SMILES string of the molecule is Cl.NC(Cc1c(F)c(F)c(F)c(F)c1F)C(F)(F)F. The Kier molecular flexibility index (Phi) is 5.57. The maximum Gasteiger partial charge on any atom is 0.403 e. The second-order valence-corrected chi connectivity index (χ2v) is 3.40. The molecule has 1 rings (SSSR count). The summed E-state index contributed by atoms with van der Waals surface area (Å²) in [6.45, 7) is 0. The van der Waals surface area contributed by atoms with Crippen molar-refractivity contribution < 1.29 is 35.1 Å². The Hall–Kier alpha value is -1.09. The topological polar surface area (TPSA) is 26.0 Å². The van der Waals surface area contributed by atoms with E-state index in [1.165, 1.54) is 0 Å². The van der Waals surface area contributed by atoms with Crippen LogP contribution in [-0.4, -0.2) is 12.2 Å². The summed E-state index contributed by atoms with van der Waals surface area (Å²) in [6, 6.07) is -2.73. The van der Waals surface area contributed by atoms with Crippen molar-refractivity contribution in [2.45, 2.75) is 18.6 Å². The minimum Gasteiger partial charge on any atom is -0.320 e. The molecule has 10 heteroatoms. The third-order valence-electron chi connectivity index (χ3n) is 2.15. The van der Waals surface area contributed by atoms with Crippen LogP contribution in [0.15, 0.2) is 0 Å². The monoisotopic (exact) mass is 315 g/mol. The average Bonchev–Trinajstić information content (AvgIpc) is 2.28. The molecule has 1 atom stereocenters. The van der Waals surface area contributed by atoms with E-state index in [1.807, 2.05) is 0 Å². The van der Waals surface area contributed by atoms with Gasteiger partial charge in [0.15, 0.2) is 23.3 Å². The highest BCUT2D eigenvalue weighted by Gasteiger charge is 2.39. The predicted molar refractivity (Wildman–Crippen MR) is 51.2 cm³/mol. The van der Waals surface area contributed by atoms with E-state index in [1.54, 1.807) is 0 Å². The second-order valence-electron chi connectivity index (χ2n) is 3.40. The van der Waals surface area contributed by atoms with Gasteiger partial charge in [0.05, 0.1) is 0 Å². The molecule has 0 aliphatic rings. The summed E-state index contributed by atoms with van der Waals surface area (Å²) in [5.41, 5.74) is 2.97. The number of rotatable bonds is 2. The molecule has 1 aromatic carbocycles. The Bertz CT molecular complexity index is 443. The van der Waals surface area contributed by atoms with Gasteiger partial charge in [-0.15, -0.1) is 12.4 Å². The van der Waals surface area contributed by atoms with Gasteiger partial charge in [-0.2, -0.15) is 13.2 Å². The lowest BCUT2D eigenvalue weighted by Gasteiger charge is -2.16. The van der Waals surface area contributed by atoms with Gasteiger partial charge in [-0.05, 0) is 0 Å². The highest BCUT2D eigenvalue weighted by molar-refractivity contribution is 5.85. The van der Waals surface area contributed by atoms with E-state index in [0.717, 1.165) is 0 Å². The Morgan fingerprint density at radius 2 is 1.11 bits per heavy atom. The first-order valence-corrected chi connectivity index (χ1v) is 4.40. The van der Waals surface area contributed by atoms with Crippen LogP contribution in [0.1, 0.15) is 5.56 Å². The van der Waals surface area contributed by atoms with Gasteiger partial charge in [0.25, 0.3) is 0 Å². The number of nitrogens with two attached hydrogens (primary N) is 1. The van der Waals surface area contributed by atoms with Crippen molar-refractivity contribution >= 4 is 12.4 Å². The normalized spacial score (nSPS) is 13.1. The standard InChI is InChI=1S/C9H5F8N.ClH/c10-4-2(1-3(18)9(15,16)17)5(11)7(13)8(14)6(4)12;/h3H,1,18H2;1H. The first kappa shape index (κ1) is 17.9. The van der Waals surface area contributed by atoms with Gasteiger partial charge in [-0.25, -0.2) is 22.0 Å². The smallest absolute Gasteiger partial charge is 0.320 e. The lowest BCUT2D eigenvalue weighted by Crippen LogP contribution is -2.39. The van der Waals surface area contributed by atoms with Crippen LogP contribution in [0.5, 0.6) is 0 Å². The van der Waals surface area contributed by atoms with Crippen molar-refractivity contribution in [3.8, 4) is 0 Å². The summed E-state index contributed by atoms with van der Waals surface area (Å²) in [5, 5.41) is 0. The molecule has 1 aromatic rings. The fraction of sp³-hybridized carbons (Fsp3) is 0.333. The molecule has 0 heterocycles. The summed E-state index contributed by atoms with van der Waals surface area (Å²) >= 11 is 0. The van der Waals surface area contributed by atoms with Crippen LogP contribution in [0.2, 0.25) is 0 Å². The van der Waals surface area contributed by atoms with Gasteiger partial charge in [-0.3, -0.25) is 0 Å². The maximum absolute atomic E-state index is 13.0. The molecule has 1 unspecified atom stereocenters. The predicted octanol–water partition coefficient (Wildman–Crippen LogP) is 3.24. The van der Waals surface area contributed by atoms with Crippen LogP contribution in [0.4, 0.5) is 35.1 Å². The van der Waals surface area contributed by atoms with Crippen molar-refractivity contribution in [2.24, 2.45) is 5.73 Å². The van der Waals surface area contributed by atoms with Crippen molar-refractivity contribution in [1.82, 2.24) is 0 Å². The van der Waals surface area contributed by atoms with Gasteiger partial charge in [0, 0.05) is 12.0 Å². The quantitative estimate of drug-likeness (QED) is 0.506. The third-order valence-corrected chi connectivity index (χ3v) is 2.15. The first-order valence-electron chi connectivity index (χ1n) is 4.40. The lowest BCUT2D eigenvalue weighted by atomic mass is 10.0. The van der Waals surface area contributed by atoms with E-state index in [9.17, 15) is 35.1 Å². The minimum atomic E-state index is -5.01. The van der Waals surface area contributed by atoms with Crippen LogP contribution in [-0.2, 0) is 6.42 Å². The summed E-state index contributed by atoms with van der Waals surface area (Å²) in [5.74, 6) is -11.7. The van der Waals surface area contributed by atoms with Crippen molar-refractivity contribution in [1.29, 1.82) is 0 Å². The summed E-state index contributed by atoms with van der Waals surface area (Å²) in [6.07, 6.45) is -6.56. The number of alkyl halides is 3. The zero-order chi connectivity index (χ0) is 14.2. The fourth-order valence-electron chi connectivity index (χ4n) is 1.17. The molecule has 0 aliphatic heterocycles. The number of halogens is 9. The largest absolute Gasteiger partial charge is 0.403 e. The van der Waals surface area contributed by atoms with E-state index >= 15 is 0 Å². The summed E-state index contributed by atoms with van der Waals surface area (Å²) in [4.78, 5) is 0. The van der Waals surface area contributed by atoms with Crippen molar-refractivity contribution in [2.75, 3.05) is 0 Å². The van der Waals surface area contributed by atoms with E-state index in [0.29, 0.717) is 0 Å². The van der Waals surface area contributed by atoms with Gasteiger partial charge >= 0.3 is 6.18 Å². The molecule has 0 aromatic heterocycles. The Labute approximate surface area is 107 Å². The molecule has 0 bridgehead atoms. The van der Waals surface area contributed by atoms with Gasteiger partial charge in [-0.1, -0.05) is 0 Å². The Balaban J connectivity index is 0.00000324. The number of hydrogen-bond donors (Lipinski definition) is 1. The molecule has 19 heavy (non-hydrogen) atoms. The maximum atomic E-state index is 13.0. The molecular weight excluding hydrogens is 310 g/mol. The molecule has 0 aliphatic carbocycles. The molecule has 110 valence electrons. The van der Waals surface area contributed by atoms with Crippen LogP contribution >= 0.6 is 12.4 Å². The van der Waals surface area contributed by atoms with E-state index in [2.05, 4.69) is 5.73 Å². The van der Waals surface area contributed by atoms with Crippen LogP contribution in [0, 0.1) is 29.1 Å². The van der Waals surface area contributed by atoms with E-state index < -0.39 is 53.3 Å². The molecule has 0 saturated carbocycles. The van der Waals surface area contributed by atoms with Crippen LogP contribution in [0.25, 0.3) is 0 Å². The van der Waals surface area contributed by atoms with Gasteiger partial charge < -0.3 is 5.73 Å². The fourth-order valence-corrected chi connectivity index (χ4v) is 1.17. The van der Waals surface area contributed by atoms with Gasteiger partial charge in [0.2, 0.25) is 5.82 Å². The molecular formula is C9H6ClF8N. The van der Waals surface area contributed by atoms with Crippen molar-refractivity contribution in [3.63, 3.8) is 0 Å².